The van der Waals surface area contributed by atoms with E-state index in [1.807, 2.05) is 0 Å². The number of carbonyl (C=O) groups is 2. The minimum atomic E-state index is -3.99. The van der Waals surface area contributed by atoms with Crippen molar-refractivity contribution in [1.29, 1.82) is 0 Å². The highest BCUT2D eigenvalue weighted by atomic mass is 32.2. The van der Waals surface area contributed by atoms with Crippen molar-refractivity contribution in [3.63, 3.8) is 0 Å². The number of nitrogens with one attached hydrogen (secondary N) is 1. The van der Waals surface area contributed by atoms with Crippen LogP contribution in [0.4, 0.5) is 0 Å². The van der Waals surface area contributed by atoms with Gasteiger partial charge in [0.1, 0.15) is 29.5 Å². The molecule has 0 radical (unpaired) electrons. The van der Waals surface area contributed by atoms with Crippen LogP contribution in [0.15, 0.2) is 53.4 Å². The molecule has 1 aliphatic rings. The molecule has 1 aliphatic heterocycles. The van der Waals surface area contributed by atoms with Gasteiger partial charge in [0.05, 0.1) is 19.2 Å². The normalized spacial score (nSPS) is 14.6. The van der Waals surface area contributed by atoms with Crippen LogP contribution in [-0.2, 0) is 14.8 Å². The first kappa shape index (κ1) is 18.7. The van der Waals surface area contributed by atoms with E-state index >= 15 is 0 Å². The molecule has 0 unspecified atom stereocenters. The van der Waals surface area contributed by atoms with E-state index in [4.69, 9.17) is 9.47 Å². The number of ether oxygens (including phenoxy) is 2. The fourth-order valence-corrected chi connectivity index (χ4v) is 4.15. The van der Waals surface area contributed by atoms with Crippen LogP contribution in [0.25, 0.3) is 0 Å². The van der Waals surface area contributed by atoms with Crippen molar-refractivity contribution in [3.8, 4) is 11.5 Å². The number of sulfonamides is 1. The van der Waals surface area contributed by atoms with E-state index in [1.54, 1.807) is 37.4 Å². The van der Waals surface area contributed by atoms with Crippen molar-refractivity contribution in [2.75, 3.05) is 26.8 Å². The van der Waals surface area contributed by atoms with Crippen molar-refractivity contribution >= 4 is 21.8 Å². The first-order chi connectivity index (χ1) is 12.9. The molecule has 0 atom stereocenters. The highest BCUT2D eigenvalue weighted by molar-refractivity contribution is 7.90. The van der Waals surface area contributed by atoms with E-state index in [-0.39, 0.29) is 23.6 Å². The third kappa shape index (κ3) is 3.87. The Morgan fingerprint density at radius 3 is 2.59 bits per heavy atom. The van der Waals surface area contributed by atoms with Gasteiger partial charge in [-0.15, -0.1) is 0 Å². The molecule has 0 fully saturated rings. The van der Waals surface area contributed by atoms with Gasteiger partial charge in [0, 0.05) is 6.07 Å². The number of nitrogens with zero attached hydrogens (tertiary/aromatic N) is 1. The van der Waals surface area contributed by atoms with Gasteiger partial charge in [-0.1, -0.05) is 18.2 Å². The van der Waals surface area contributed by atoms with Crippen LogP contribution in [0.1, 0.15) is 10.4 Å². The van der Waals surface area contributed by atoms with Crippen LogP contribution in [0.2, 0.25) is 0 Å². The molecule has 0 spiro atoms. The van der Waals surface area contributed by atoms with Crippen molar-refractivity contribution in [3.05, 3.63) is 54.1 Å². The van der Waals surface area contributed by atoms with Crippen LogP contribution in [-0.4, -0.2) is 51.3 Å². The summed E-state index contributed by atoms with van der Waals surface area (Å²) in [5, 5.41) is 2.54. The molecule has 3 rings (SSSR count). The van der Waals surface area contributed by atoms with Crippen LogP contribution < -0.4 is 14.8 Å². The van der Waals surface area contributed by atoms with Gasteiger partial charge >= 0.3 is 0 Å². The Kier molecular flexibility index (Phi) is 5.31. The fourth-order valence-electron chi connectivity index (χ4n) is 2.62. The van der Waals surface area contributed by atoms with E-state index < -0.39 is 28.4 Å². The second-order valence-corrected chi connectivity index (χ2v) is 7.52. The fraction of sp³-hybridized carbons (Fsp3) is 0.222. The van der Waals surface area contributed by atoms with Gasteiger partial charge in [-0.2, -0.15) is 0 Å². The summed E-state index contributed by atoms with van der Waals surface area (Å²) < 4.78 is 35.9. The maximum absolute atomic E-state index is 12.4. The van der Waals surface area contributed by atoms with E-state index in [0.29, 0.717) is 15.8 Å². The van der Waals surface area contributed by atoms with Gasteiger partial charge in [0.15, 0.2) is 0 Å². The monoisotopic (exact) mass is 390 g/mol. The highest BCUT2D eigenvalue weighted by Gasteiger charge is 2.41. The standard InChI is InChI=1S/C18H18N2O6S/c1-25-13-5-4-6-14(11-13)26-10-9-19-17(21)12-20-18(22)15-7-2-3-8-16(15)27(20,23)24/h2-8,11H,9-10,12H2,1H3,(H,19,21). The summed E-state index contributed by atoms with van der Waals surface area (Å²) in [6, 6.07) is 12.9. The predicted octanol–water partition coefficient (Wildman–Crippen LogP) is 1.03. The first-order valence-electron chi connectivity index (χ1n) is 8.13. The molecule has 2 aromatic carbocycles. The van der Waals surface area contributed by atoms with Gasteiger partial charge in [-0.05, 0) is 24.3 Å². The average Bonchev–Trinajstić information content (AvgIpc) is 2.86. The summed E-state index contributed by atoms with van der Waals surface area (Å²) in [6.07, 6.45) is 0. The zero-order chi connectivity index (χ0) is 19.4. The molecule has 8 nitrogen and oxygen atoms in total. The molecular weight excluding hydrogens is 372 g/mol. The molecule has 1 heterocycles. The lowest BCUT2D eigenvalue weighted by Gasteiger charge is -2.15. The first-order valence-corrected chi connectivity index (χ1v) is 9.57. The predicted molar refractivity (Wildman–Crippen MR) is 96.2 cm³/mol. The molecule has 0 aliphatic carbocycles. The van der Waals surface area contributed by atoms with Gasteiger partial charge < -0.3 is 14.8 Å². The number of rotatable bonds is 7. The number of hydrogen-bond acceptors (Lipinski definition) is 6. The van der Waals surface area contributed by atoms with Crippen LogP contribution in [0.3, 0.4) is 0 Å². The summed E-state index contributed by atoms with van der Waals surface area (Å²) in [6.45, 7) is -0.236. The third-order valence-electron chi connectivity index (χ3n) is 3.93. The number of carbonyl (C=O) groups excluding carboxylic acids is 2. The van der Waals surface area contributed by atoms with E-state index in [0.717, 1.165) is 0 Å². The van der Waals surface area contributed by atoms with Gasteiger partial charge in [0.25, 0.3) is 15.9 Å². The minimum Gasteiger partial charge on any atom is -0.497 e. The Labute approximate surface area is 156 Å². The van der Waals surface area contributed by atoms with Crippen LogP contribution in [0, 0.1) is 0 Å². The molecule has 1 N–H and O–H groups in total. The molecule has 2 amide bonds. The number of amides is 2. The number of hydrogen-bond donors (Lipinski definition) is 1. The molecule has 9 heteroatoms. The summed E-state index contributed by atoms with van der Waals surface area (Å²) in [4.78, 5) is 24.2. The minimum absolute atomic E-state index is 0.0756. The van der Waals surface area contributed by atoms with Crippen molar-refractivity contribution in [2.45, 2.75) is 4.90 Å². The summed E-state index contributed by atoms with van der Waals surface area (Å²) >= 11 is 0. The maximum Gasteiger partial charge on any atom is 0.269 e. The molecule has 0 saturated carbocycles. The van der Waals surface area contributed by atoms with Gasteiger partial charge in [-0.25, -0.2) is 12.7 Å². The Morgan fingerprint density at radius 1 is 1.11 bits per heavy atom. The molecule has 2 aromatic rings. The molecule has 0 aromatic heterocycles. The topological polar surface area (TPSA) is 102 Å². The van der Waals surface area contributed by atoms with Gasteiger partial charge in [0.2, 0.25) is 5.91 Å². The maximum atomic E-state index is 12.4. The molecule has 0 bridgehead atoms. The van der Waals surface area contributed by atoms with Crippen molar-refractivity contribution in [1.82, 2.24) is 9.62 Å². The Bertz CT molecular complexity index is 973. The lowest BCUT2D eigenvalue weighted by atomic mass is 10.2. The van der Waals surface area contributed by atoms with Crippen molar-refractivity contribution < 1.29 is 27.5 Å². The average molecular weight is 390 g/mol. The van der Waals surface area contributed by atoms with Gasteiger partial charge in [-0.3, -0.25) is 9.59 Å². The smallest absolute Gasteiger partial charge is 0.269 e. The third-order valence-corrected chi connectivity index (χ3v) is 5.72. The second kappa shape index (κ2) is 7.67. The highest BCUT2D eigenvalue weighted by Crippen LogP contribution is 2.29. The van der Waals surface area contributed by atoms with Crippen LogP contribution >= 0.6 is 0 Å². The summed E-state index contributed by atoms with van der Waals surface area (Å²) in [5.41, 5.74) is 0.0756. The molecule has 27 heavy (non-hydrogen) atoms. The molecule has 142 valence electrons. The number of benzene rings is 2. The quantitative estimate of drug-likeness (QED) is 0.709. The zero-order valence-corrected chi connectivity index (χ0v) is 15.4. The zero-order valence-electron chi connectivity index (χ0n) is 14.5. The summed E-state index contributed by atoms with van der Waals surface area (Å²) in [7, 11) is -2.45. The lowest BCUT2D eigenvalue weighted by molar-refractivity contribution is -0.121. The second-order valence-electron chi connectivity index (χ2n) is 5.69. The molecular formula is C18H18N2O6S. The van der Waals surface area contributed by atoms with E-state index in [2.05, 4.69) is 5.32 Å². The van der Waals surface area contributed by atoms with E-state index in [9.17, 15) is 18.0 Å². The Balaban J connectivity index is 1.52. The SMILES string of the molecule is COc1cccc(OCCNC(=O)CN2C(=O)c3ccccc3S2(=O)=O)c1. The number of fused-ring (bicyclic) bond motifs is 1. The molecule has 0 saturated heterocycles. The van der Waals surface area contributed by atoms with Crippen LogP contribution in [0.5, 0.6) is 11.5 Å². The number of methoxy groups -OCH3 is 1. The Hall–Kier alpha value is -3.07. The van der Waals surface area contributed by atoms with E-state index in [1.165, 1.54) is 18.2 Å². The lowest BCUT2D eigenvalue weighted by Crippen LogP contribution is -2.41. The Morgan fingerprint density at radius 2 is 1.85 bits per heavy atom. The summed E-state index contributed by atoms with van der Waals surface area (Å²) in [5.74, 6) is -0.0624. The van der Waals surface area contributed by atoms with Crippen molar-refractivity contribution in [2.24, 2.45) is 0 Å². The largest absolute Gasteiger partial charge is 0.497 e.